The molecule has 7 nitrogen and oxygen atoms in total. The Balaban J connectivity index is 1.72. The van der Waals surface area contributed by atoms with Gasteiger partial charge >= 0.3 is 0 Å². The predicted molar refractivity (Wildman–Crippen MR) is 86.1 cm³/mol. The van der Waals surface area contributed by atoms with E-state index in [1.165, 1.54) is 32.1 Å². The van der Waals surface area contributed by atoms with E-state index < -0.39 is 36.6 Å². The molecule has 1 saturated carbocycles. The highest BCUT2D eigenvalue weighted by molar-refractivity contribution is 5.76. The Kier molecular flexibility index (Phi) is 7.08. The maximum atomic E-state index is 9.95. The van der Waals surface area contributed by atoms with Gasteiger partial charge in [0.15, 0.2) is 6.10 Å². The SMILES string of the molecule is CCCCCCCCCN=C1NC2C(O)C(O)C(O)C(O)C2O1. The topological polar surface area (TPSA) is 115 Å². The van der Waals surface area contributed by atoms with Crippen LogP contribution in [0.2, 0.25) is 0 Å². The molecular weight excluding hydrogens is 300 g/mol. The van der Waals surface area contributed by atoms with Crippen LogP contribution in [0, 0.1) is 0 Å². The van der Waals surface area contributed by atoms with Crippen LogP contribution in [0.25, 0.3) is 0 Å². The summed E-state index contributed by atoms with van der Waals surface area (Å²) in [7, 11) is 0. The van der Waals surface area contributed by atoms with Crippen molar-refractivity contribution >= 4 is 6.02 Å². The number of aliphatic hydroxyl groups excluding tert-OH is 4. The minimum absolute atomic E-state index is 0.269. The van der Waals surface area contributed by atoms with Crippen molar-refractivity contribution in [2.24, 2.45) is 4.99 Å². The van der Waals surface area contributed by atoms with Crippen molar-refractivity contribution in [3.63, 3.8) is 0 Å². The molecule has 0 bridgehead atoms. The molecule has 0 aromatic carbocycles. The molecule has 2 rings (SSSR count). The van der Waals surface area contributed by atoms with Crippen LogP contribution in [-0.2, 0) is 4.74 Å². The summed E-state index contributed by atoms with van der Waals surface area (Å²) in [6.07, 6.45) is 2.32. The van der Waals surface area contributed by atoms with Crippen LogP contribution in [0.4, 0.5) is 0 Å². The van der Waals surface area contributed by atoms with E-state index in [1.54, 1.807) is 0 Å². The Morgan fingerprint density at radius 2 is 1.48 bits per heavy atom. The van der Waals surface area contributed by atoms with Gasteiger partial charge in [-0.05, 0) is 6.42 Å². The molecule has 0 aromatic heterocycles. The van der Waals surface area contributed by atoms with Crippen molar-refractivity contribution in [1.29, 1.82) is 0 Å². The van der Waals surface area contributed by atoms with Crippen LogP contribution >= 0.6 is 0 Å². The largest absolute Gasteiger partial charge is 0.457 e. The van der Waals surface area contributed by atoms with E-state index in [0.717, 1.165) is 12.8 Å². The molecule has 6 atom stereocenters. The number of aliphatic imine (C=N–C) groups is 1. The fraction of sp³-hybridized carbons (Fsp3) is 0.938. The van der Waals surface area contributed by atoms with Crippen molar-refractivity contribution < 1.29 is 25.2 Å². The minimum atomic E-state index is -1.42. The summed E-state index contributed by atoms with van der Waals surface area (Å²) in [6.45, 7) is 2.82. The van der Waals surface area contributed by atoms with Gasteiger partial charge in [-0.3, -0.25) is 0 Å². The number of ether oxygens (including phenoxy) is 1. The number of nitrogens with one attached hydrogen (secondary N) is 1. The Bertz CT molecular complexity index is 369. The molecule has 1 heterocycles. The molecule has 0 spiro atoms. The summed E-state index contributed by atoms with van der Waals surface area (Å²) < 4.78 is 5.48. The zero-order valence-corrected chi connectivity index (χ0v) is 13.8. The van der Waals surface area contributed by atoms with Crippen LogP contribution in [0.15, 0.2) is 4.99 Å². The van der Waals surface area contributed by atoms with Gasteiger partial charge in [0.2, 0.25) is 0 Å². The van der Waals surface area contributed by atoms with Gasteiger partial charge in [-0.15, -0.1) is 0 Å². The number of nitrogens with zero attached hydrogens (tertiary/aromatic N) is 1. The van der Waals surface area contributed by atoms with Crippen molar-refractivity contribution in [3.05, 3.63) is 0 Å². The van der Waals surface area contributed by atoms with E-state index in [9.17, 15) is 20.4 Å². The predicted octanol–water partition coefficient (Wildman–Crippen LogP) is -0.0928. The van der Waals surface area contributed by atoms with Crippen LogP contribution in [0.1, 0.15) is 51.9 Å². The molecule has 1 aliphatic heterocycles. The van der Waals surface area contributed by atoms with E-state index in [4.69, 9.17) is 4.74 Å². The number of aliphatic hydroxyl groups is 4. The lowest BCUT2D eigenvalue weighted by Gasteiger charge is -2.38. The third-order valence-corrected chi connectivity index (χ3v) is 4.66. The molecule has 0 amide bonds. The second-order valence-corrected chi connectivity index (χ2v) is 6.52. The van der Waals surface area contributed by atoms with Gasteiger partial charge < -0.3 is 30.5 Å². The number of amidine groups is 1. The van der Waals surface area contributed by atoms with Crippen molar-refractivity contribution in [3.8, 4) is 0 Å². The van der Waals surface area contributed by atoms with Gasteiger partial charge in [0.1, 0.15) is 24.4 Å². The lowest BCUT2D eigenvalue weighted by molar-refractivity contribution is -0.174. The van der Waals surface area contributed by atoms with E-state index in [1.807, 2.05) is 0 Å². The fourth-order valence-corrected chi connectivity index (χ4v) is 3.17. The van der Waals surface area contributed by atoms with Crippen molar-refractivity contribution in [1.82, 2.24) is 5.32 Å². The Morgan fingerprint density at radius 1 is 0.870 bits per heavy atom. The van der Waals surface area contributed by atoms with Gasteiger partial charge in [-0.1, -0.05) is 45.4 Å². The Morgan fingerprint density at radius 3 is 2.17 bits per heavy atom. The highest BCUT2D eigenvalue weighted by Crippen LogP contribution is 2.27. The van der Waals surface area contributed by atoms with Crippen LogP contribution in [-0.4, -0.2) is 69.6 Å². The third kappa shape index (κ3) is 4.56. The molecule has 6 unspecified atom stereocenters. The second kappa shape index (κ2) is 8.82. The normalized spacial score (nSPS) is 38.2. The third-order valence-electron chi connectivity index (χ3n) is 4.66. The standard InChI is InChI=1S/C16H30N2O5/c1-2-3-4-5-6-7-8-9-17-16-18-10-11(19)12(20)13(21)14(22)15(10)23-16/h10-15,19-22H,2-9H2,1H3,(H,17,18). The van der Waals surface area contributed by atoms with Gasteiger partial charge in [0.05, 0.1) is 6.04 Å². The zero-order chi connectivity index (χ0) is 16.8. The Labute approximate surface area is 137 Å². The average Bonchev–Trinajstić information content (AvgIpc) is 2.98. The molecule has 5 N–H and O–H groups in total. The van der Waals surface area contributed by atoms with Gasteiger partial charge in [0.25, 0.3) is 6.02 Å². The minimum Gasteiger partial charge on any atom is -0.457 e. The maximum absolute atomic E-state index is 9.95. The van der Waals surface area contributed by atoms with Gasteiger partial charge in [-0.2, -0.15) is 0 Å². The molecule has 0 radical (unpaired) electrons. The number of hydrogen-bond donors (Lipinski definition) is 5. The number of hydrogen-bond acceptors (Lipinski definition) is 6. The van der Waals surface area contributed by atoms with Crippen LogP contribution in [0.3, 0.4) is 0 Å². The smallest absolute Gasteiger partial charge is 0.285 e. The highest BCUT2D eigenvalue weighted by Gasteiger charge is 2.53. The lowest BCUT2D eigenvalue weighted by Crippen LogP contribution is -2.64. The van der Waals surface area contributed by atoms with E-state index >= 15 is 0 Å². The van der Waals surface area contributed by atoms with E-state index in [0.29, 0.717) is 6.54 Å². The van der Waals surface area contributed by atoms with E-state index in [2.05, 4.69) is 17.2 Å². The molecular formula is C16H30N2O5. The Hall–Kier alpha value is -0.890. The van der Waals surface area contributed by atoms with E-state index in [-0.39, 0.29) is 6.02 Å². The first-order valence-electron chi connectivity index (χ1n) is 8.76. The fourth-order valence-electron chi connectivity index (χ4n) is 3.17. The van der Waals surface area contributed by atoms with Gasteiger partial charge in [-0.25, -0.2) is 4.99 Å². The molecule has 0 aromatic rings. The van der Waals surface area contributed by atoms with Crippen molar-refractivity contribution in [2.45, 2.75) is 88.4 Å². The molecule has 134 valence electrons. The average molecular weight is 330 g/mol. The molecule has 7 heteroatoms. The highest BCUT2D eigenvalue weighted by atomic mass is 16.5. The summed E-state index contributed by atoms with van der Waals surface area (Å²) in [5, 5.41) is 42.1. The molecule has 2 aliphatic rings. The summed E-state index contributed by atoms with van der Waals surface area (Å²) in [6, 6.07) is -0.387. The molecule has 1 saturated heterocycles. The number of rotatable bonds is 8. The quantitative estimate of drug-likeness (QED) is 0.397. The summed E-state index contributed by atoms with van der Waals surface area (Å²) in [5.41, 5.74) is 0. The van der Waals surface area contributed by atoms with Crippen molar-refractivity contribution in [2.75, 3.05) is 6.54 Å². The van der Waals surface area contributed by atoms with Crippen LogP contribution < -0.4 is 5.32 Å². The first kappa shape index (κ1) is 18.4. The monoisotopic (exact) mass is 330 g/mol. The molecule has 1 aliphatic carbocycles. The number of fused-ring (bicyclic) bond motifs is 1. The molecule has 23 heavy (non-hydrogen) atoms. The zero-order valence-electron chi connectivity index (χ0n) is 13.8. The maximum Gasteiger partial charge on any atom is 0.285 e. The summed E-state index contributed by atoms with van der Waals surface area (Å²) >= 11 is 0. The van der Waals surface area contributed by atoms with Gasteiger partial charge in [0, 0.05) is 6.54 Å². The second-order valence-electron chi connectivity index (χ2n) is 6.52. The summed E-state index contributed by atoms with van der Waals surface area (Å²) in [4.78, 5) is 4.30. The number of unbranched alkanes of at least 4 members (excludes halogenated alkanes) is 6. The molecule has 2 fully saturated rings. The lowest BCUT2D eigenvalue weighted by atomic mass is 9.84. The summed E-state index contributed by atoms with van der Waals surface area (Å²) in [5.74, 6) is 0. The van der Waals surface area contributed by atoms with Crippen LogP contribution in [0.5, 0.6) is 0 Å². The first-order chi connectivity index (χ1) is 11.1. The first-order valence-corrected chi connectivity index (χ1v) is 8.76.